The van der Waals surface area contributed by atoms with Gasteiger partial charge in [-0.25, -0.2) is 0 Å². The van der Waals surface area contributed by atoms with Crippen LogP contribution in [0.15, 0.2) is 22.7 Å². The molecule has 8 heteroatoms. The van der Waals surface area contributed by atoms with Gasteiger partial charge in [-0.15, -0.1) is 10.2 Å². The maximum Gasteiger partial charge on any atom is 0.263 e. The van der Waals surface area contributed by atoms with E-state index in [1.807, 2.05) is 32.9 Å². The molecule has 142 valence electrons. The van der Waals surface area contributed by atoms with Crippen molar-refractivity contribution in [2.24, 2.45) is 0 Å². The van der Waals surface area contributed by atoms with E-state index in [9.17, 15) is 4.79 Å². The summed E-state index contributed by atoms with van der Waals surface area (Å²) < 4.78 is 11.0. The van der Waals surface area contributed by atoms with E-state index in [4.69, 9.17) is 9.26 Å². The van der Waals surface area contributed by atoms with Gasteiger partial charge in [-0.1, -0.05) is 35.5 Å². The van der Waals surface area contributed by atoms with Gasteiger partial charge in [-0.05, 0) is 44.4 Å². The van der Waals surface area contributed by atoms with Crippen LogP contribution in [0.2, 0.25) is 0 Å². The van der Waals surface area contributed by atoms with Crippen LogP contribution in [0.4, 0.5) is 5.13 Å². The smallest absolute Gasteiger partial charge is 0.263 e. The van der Waals surface area contributed by atoms with Crippen LogP contribution in [0.25, 0.3) is 0 Å². The van der Waals surface area contributed by atoms with Crippen molar-refractivity contribution in [3.05, 3.63) is 51.4 Å². The molecule has 0 aliphatic carbocycles. The van der Waals surface area contributed by atoms with E-state index in [0.29, 0.717) is 41.6 Å². The minimum atomic E-state index is -0.278. The Hall–Kier alpha value is -2.74. The minimum Gasteiger partial charge on any atom is -0.493 e. The zero-order valence-corrected chi connectivity index (χ0v) is 16.6. The Morgan fingerprint density at radius 1 is 1.26 bits per heavy atom. The minimum absolute atomic E-state index is 0.278. The van der Waals surface area contributed by atoms with Crippen LogP contribution >= 0.6 is 11.3 Å². The first-order valence-electron chi connectivity index (χ1n) is 8.76. The van der Waals surface area contributed by atoms with Gasteiger partial charge in [0.15, 0.2) is 0 Å². The van der Waals surface area contributed by atoms with Gasteiger partial charge in [-0.3, -0.25) is 10.1 Å². The molecule has 0 spiro atoms. The van der Waals surface area contributed by atoms with Gasteiger partial charge in [0.2, 0.25) is 5.13 Å². The highest BCUT2D eigenvalue weighted by atomic mass is 32.1. The quantitative estimate of drug-likeness (QED) is 0.662. The molecule has 0 atom stereocenters. The van der Waals surface area contributed by atoms with E-state index in [1.165, 1.54) is 11.3 Å². The van der Waals surface area contributed by atoms with Crippen LogP contribution < -0.4 is 10.1 Å². The molecular weight excluding hydrogens is 364 g/mol. The van der Waals surface area contributed by atoms with Gasteiger partial charge in [0, 0.05) is 6.42 Å². The predicted molar refractivity (Wildman–Crippen MR) is 104 cm³/mol. The van der Waals surface area contributed by atoms with Crippen LogP contribution in [0.5, 0.6) is 5.75 Å². The van der Waals surface area contributed by atoms with Crippen molar-refractivity contribution in [1.29, 1.82) is 0 Å². The normalized spacial score (nSPS) is 10.8. The number of amides is 1. The third-order valence-corrected chi connectivity index (χ3v) is 5.00. The highest BCUT2D eigenvalue weighted by Gasteiger charge is 2.20. The molecule has 0 aliphatic rings. The predicted octanol–water partition coefficient (Wildman–Crippen LogP) is 3.89. The van der Waals surface area contributed by atoms with Crippen molar-refractivity contribution in [2.75, 3.05) is 11.9 Å². The number of hydrogen-bond donors (Lipinski definition) is 1. The Bertz CT molecular complexity index is 948. The second-order valence-corrected chi connectivity index (χ2v) is 7.30. The molecule has 0 radical (unpaired) electrons. The molecule has 1 N–H and O–H groups in total. The number of anilines is 1. The van der Waals surface area contributed by atoms with E-state index in [2.05, 4.69) is 26.7 Å². The zero-order valence-electron chi connectivity index (χ0n) is 15.8. The summed E-state index contributed by atoms with van der Waals surface area (Å²) in [6, 6.07) is 6.12. The number of nitrogens with one attached hydrogen (secondary N) is 1. The monoisotopic (exact) mass is 386 g/mol. The molecule has 7 nitrogen and oxygen atoms in total. The molecule has 0 bridgehead atoms. The Balaban J connectivity index is 1.57. The number of rotatable bonds is 7. The summed E-state index contributed by atoms with van der Waals surface area (Å²) in [4.78, 5) is 12.5. The molecule has 27 heavy (non-hydrogen) atoms. The van der Waals surface area contributed by atoms with Gasteiger partial charge in [0.1, 0.15) is 22.1 Å². The molecule has 0 aliphatic heterocycles. The summed E-state index contributed by atoms with van der Waals surface area (Å²) in [5, 5.41) is 16.1. The standard InChI is InChI=1S/C19H22N4O3S/c1-5-14-17(13(4)26-23-14)18(24)20-19-22-21-16(27-19)8-9-25-15-10-11(2)6-7-12(15)3/h6-7,10H,5,8-9H2,1-4H3,(H,20,22,24). The second-order valence-electron chi connectivity index (χ2n) is 6.24. The number of aromatic nitrogens is 3. The van der Waals surface area contributed by atoms with Crippen molar-refractivity contribution in [2.45, 2.75) is 40.5 Å². The van der Waals surface area contributed by atoms with Gasteiger partial charge < -0.3 is 9.26 Å². The van der Waals surface area contributed by atoms with E-state index in [1.54, 1.807) is 6.92 Å². The van der Waals surface area contributed by atoms with Crippen LogP contribution in [0.3, 0.4) is 0 Å². The van der Waals surface area contributed by atoms with E-state index < -0.39 is 0 Å². The number of hydrogen-bond acceptors (Lipinski definition) is 7. The largest absolute Gasteiger partial charge is 0.493 e. The maximum atomic E-state index is 12.5. The Morgan fingerprint density at radius 3 is 2.85 bits per heavy atom. The molecule has 0 saturated heterocycles. The lowest BCUT2D eigenvalue weighted by molar-refractivity contribution is 0.102. The Labute approximate surface area is 161 Å². The molecule has 1 aromatic carbocycles. The van der Waals surface area contributed by atoms with Crippen LogP contribution in [-0.4, -0.2) is 27.9 Å². The number of benzene rings is 1. The number of carbonyl (C=O) groups is 1. The summed E-state index contributed by atoms with van der Waals surface area (Å²) >= 11 is 1.34. The zero-order chi connectivity index (χ0) is 19.4. The lowest BCUT2D eigenvalue weighted by Gasteiger charge is -2.08. The van der Waals surface area contributed by atoms with E-state index in [0.717, 1.165) is 21.9 Å². The maximum absolute atomic E-state index is 12.5. The van der Waals surface area contributed by atoms with Crippen molar-refractivity contribution < 1.29 is 14.1 Å². The summed E-state index contributed by atoms with van der Waals surface area (Å²) in [5.74, 6) is 1.10. The van der Waals surface area contributed by atoms with E-state index in [-0.39, 0.29) is 5.91 Å². The number of aryl methyl sites for hydroxylation is 4. The fourth-order valence-corrected chi connectivity index (χ4v) is 3.34. The topological polar surface area (TPSA) is 90.1 Å². The first-order chi connectivity index (χ1) is 13.0. The highest BCUT2D eigenvalue weighted by Crippen LogP contribution is 2.22. The highest BCUT2D eigenvalue weighted by molar-refractivity contribution is 7.15. The molecular formula is C19H22N4O3S. The Kier molecular flexibility index (Phi) is 5.85. The summed E-state index contributed by atoms with van der Waals surface area (Å²) in [7, 11) is 0. The van der Waals surface area contributed by atoms with Gasteiger partial charge >= 0.3 is 0 Å². The molecule has 3 rings (SSSR count). The third kappa shape index (κ3) is 4.51. The molecule has 2 aromatic heterocycles. The number of nitrogens with zero attached hydrogens (tertiary/aromatic N) is 3. The molecule has 0 unspecified atom stereocenters. The third-order valence-electron chi connectivity index (χ3n) is 4.10. The van der Waals surface area contributed by atoms with Crippen LogP contribution in [0, 0.1) is 20.8 Å². The van der Waals surface area contributed by atoms with Crippen molar-refractivity contribution in [3.8, 4) is 5.75 Å². The molecule has 1 amide bonds. The average Bonchev–Trinajstić information content (AvgIpc) is 3.24. The van der Waals surface area contributed by atoms with Crippen molar-refractivity contribution >= 4 is 22.4 Å². The van der Waals surface area contributed by atoms with Gasteiger partial charge in [-0.2, -0.15) is 0 Å². The van der Waals surface area contributed by atoms with Gasteiger partial charge in [0.25, 0.3) is 5.91 Å². The van der Waals surface area contributed by atoms with Crippen LogP contribution in [-0.2, 0) is 12.8 Å². The van der Waals surface area contributed by atoms with Crippen LogP contribution in [0.1, 0.15) is 44.9 Å². The lowest BCUT2D eigenvalue weighted by Crippen LogP contribution is -2.14. The Morgan fingerprint density at radius 2 is 2.07 bits per heavy atom. The van der Waals surface area contributed by atoms with E-state index >= 15 is 0 Å². The molecule has 2 heterocycles. The lowest BCUT2D eigenvalue weighted by atomic mass is 10.1. The number of carbonyl (C=O) groups excluding carboxylic acids is 1. The molecule has 0 fully saturated rings. The number of ether oxygens (including phenoxy) is 1. The van der Waals surface area contributed by atoms with Gasteiger partial charge in [0.05, 0.1) is 12.3 Å². The molecule has 3 aromatic rings. The molecule has 0 saturated carbocycles. The summed E-state index contributed by atoms with van der Waals surface area (Å²) in [6.45, 7) is 8.19. The second kappa shape index (κ2) is 8.30. The van der Waals surface area contributed by atoms with Crippen molar-refractivity contribution in [1.82, 2.24) is 15.4 Å². The fourth-order valence-electron chi connectivity index (χ4n) is 2.63. The summed E-state index contributed by atoms with van der Waals surface area (Å²) in [5.41, 5.74) is 3.36. The van der Waals surface area contributed by atoms with Crippen molar-refractivity contribution in [3.63, 3.8) is 0 Å². The first kappa shape index (κ1) is 19.0. The average molecular weight is 386 g/mol. The summed E-state index contributed by atoms with van der Waals surface area (Å²) in [6.07, 6.45) is 1.24. The SMILES string of the molecule is CCc1noc(C)c1C(=O)Nc1nnc(CCOc2cc(C)ccc2C)s1. The first-order valence-corrected chi connectivity index (χ1v) is 9.58. The fraction of sp³-hybridized carbons (Fsp3) is 0.368.